The van der Waals surface area contributed by atoms with Gasteiger partial charge in [0.15, 0.2) is 11.0 Å². The molecule has 0 saturated carbocycles. The molecular formula is C24H21ClN6O4S. The summed E-state index contributed by atoms with van der Waals surface area (Å²) in [6.45, 7) is 0.0656. The molecule has 0 radical (unpaired) electrons. The van der Waals surface area contributed by atoms with Gasteiger partial charge in [-0.15, -0.1) is 10.2 Å². The van der Waals surface area contributed by atoms with Crippen LogP contribution < -0.4 is 15.4 Å². The zero-order valence-corrected chi connectivity index (χ0v) is 20.6. The molecule has 2 N–H and O–H groups in total. The highest BCUT2D eigenvalue weighted by Gasteiger charge is 2.17. The Morgan fingerprint density at radius 1 is 1.11 bits per heavy atom. The van der Waals surface area contributed by atoms with E-state index in [9.17, 15) is 14.9 Å². The van der Waals surface area contributed by atoms with Gasteiger partial charge >= 0.3 is 6.03 Å². The molecule has 0 atom stereocenters. The number of carbonyl (C=O) groups excluding carboxylic acids is 1. The topological polar surface area (TPSA) is 124 Å². The highest BCUT2D eigenvalue weighted by molar-refractivity contribution is 7.98. The molecule has 3 aromatic carbocycles. The predicted molar refractivity (Wildman–Crippen MR) is 138 cm³/mol. The fraction of sp³-hybridized carbons (Fsp3) is 0.125. The molecule has 0 saturated heterocycles. The Bertz CT molecular complexity index is 1380. The van der Waals surface area contributed by atoms with E-state index in [2.05, 4.69) is 20.8 Å². The lowest BCUT2D eigenvalue weighted by atomic mass is 10.2. The van der Waals surface area contributed by atoms with Crippen LogP contribution in [0.15, 0.2) is 78.0 Å². The Hall–Kier alpha value is -4.09. The van der Waals surface area contributed by atoms with Crippen LogP contribution >= 0.6 is 23.4 Å². The largest absolute Gasteiger partial charge is 0.497 e. The SMILES string of the molecule is COc1cccc(CSc2nnc(CNC(=O)Nc3cccc(Cl)c3)n2-c2ccc([N+](=O)[O-])cc2)c1. The third-order valence-electron chi connectivity index (χ3n) is 5.01. The van der Waals surface area contributed by atoms with Gasteiger partial charge in [0.05, 0.1) is 18.6 Å². The second-order valence-electron chi connectivity index (χ2n) is 7.47. The average Bonchev–Trinajstić information content (AvgIpc) is 3.29. The number of nitrogens with one attached hydrogen (secondary N) is 2. The maximum absolute atomic E-state index is 12.4. The van der Waals surface area contributed by atoms with E-state index in [1.165, 1.54) is 23.9 Å². The molecule has 2 amide bonds. The number of anilines is 1. The third kappa shape index (κ3) is 6.32. The smallest absolute Gasteiger partial charge is 0.319 e. The highest BCUT2D eigenvalue weighted by Crippen LogP contribution is 2.27. The van der Waals surface area contributed by atoms with Crippen LogP contribution in [0.3, 0.4) is 0 Å². The number of aromatic nitrogens is 3. The van der Waals surface area contributed by atoms with Gasteiger partial charge in [-0.25, -0.2) is 4.79 Å². The number of hydrogen-bond acceptors (Lipinski definition) is 7. The van der Waals surface area contributed by atoms with E-state index in [0.29, 0.717) is 33.1 Å². The lowest BCUT2D eigenvalue weighted by Gasteiger charge is -2.12. The van der Waals surface area contributed by atoms with E-state index in [0.717, 1.165) is 11.3 Å². The third-order valence-corrected chi connectivity index (χ3v) is 6.25. The van der Waals surface area contributed by atoms with Gasteiger partial charge < -0.3 is 15.4 Å². The van der Waals surface area contributed by atoms with Gasteiger partial charge in [0, 0.05) is 34.3 Å². The molecule has 0 aliphatic heterocycles. The Labute approximate surface area is 215 Å². The van der Waals surface area contributed by atoms with E-state index in [1.807, 2.05) is 24.3 Å². The van der Waals surface area contributed by atoms with Gasteiger partial charge in [-0.05, 0) is 48.0 Å². The van der Waals surface area contributed by atoms with Gasteiger partial charge in [0.2, 0.25) is 0 Å². The first-order chi connectivity index (χ1) is 17.4. The van der Waals surface area contributed by atoms with Crippen LogP contribution in [0.25, 0.3) is 5.69 Å². The molecule has 0 unspecified atom stereocenters. The number of amides is 2. The number of carbonyl (C=O) groups is 1. The summed E-state index contributed by atoms with van der Waals surface area (Å²) in [4.78, 5) is 23.1. The second-order valence-corrected chi connectivity index (χ2v) is 8.84. The van der Waals surface area contributed by atoms with Crippen molar-refractivity contribution in [2.75, 3.05) is 12.4 Å². The van der Waals surface area contributed by atoms with Gasteiger partial charge in [0.25, 0.3) is 5.69 Å². The zero-order valence-electron chi connectivity index (χ0n) is 19.1. The highest BCUT2D eigenvalue weighted by atomic mass is 35.5. The van der Waals surface area contributed by atoms with Crippen LogP contribution in [-0.2, 0) is 12.3 Å². The first-order valence-electron chi connectivity index (χ1n) is 10.7. The lowest BCUT2D eigenvalue weighted by molar-refractivity contribution is -0.384. The van der Waals surface area contributed by atoms with E-state index in [1.54, 1.807) is 48.1 Å². The van der Waals surface area contributed by atoms with Gasteiger partial charge in [-0.3, -0.25) is 14.7 Å². The molecule has 0 fully saturated rings. The number of nitrogens with zero attached hydrogens (tertiary/aromatic N) is 4. The van der Waals surface area contributed by atoms with Crippen LogP contribution in [0.5, 0.6) is 5.75 Å². The minimum Gasteiger partial charge on any atom is -0.497 e. The number of urea groups is 1. The number of non-ortho nitro benzene ring substituents is 1. The van der Waals surface area contributed by atoms with Gasteiger partial charge in [-0.2, -0.15) is 0 Å². The Kier molecular flexibility index (Phi) is 8.03. The summed E-state index contributed by atoms with van der Waals surface area (Å²) in [7, 11) is 1.61. The molecule has 1 aromatic heterocycles. The molecule has 1 heterocycles. The number of nitro benzene ring substituents is 1. The summed E-state index contributed by atoms with van der Waals surface area (Å²) in [5.74, 6) is 1.80. The maximum Gasteiger partial charge on any atom is 0.319 e. The number of hydrogen-bond donors (Lipinski definition) is 2. The van der Waals surface area contributed by atoms with Crippen LogP contribution in [0.1, 0.15) is 11.4 Å². The fourth-order valence-electron chi connectivity index (χ4n) is 3.30. The van der Waals surface area contributed by atoms with Gasteiger partial charge in [-0.1, -0.05) is 41.6 Å². The molecule has 4 aromatic rings. The van der Waals surface area contributed by atoms with E-state index >= 15 is 0 Å². The van der Waals surface area contributed by atoms with Crippen molar-refractivity contribution < 1.29 is 14.5 Å². The Balaban J connectivity index is 1.54. The van der Waals surface area contributed by atoms with Crippen molar-refractivity contribution in [3.8, 4) is 11.4 Å². The number of nitro groups is 1. The van der Waals surface area contributed by atoms with Crippen molar-refractivity contribution in [1.29, 1.82) is 0 Å². The summed E-state index contributed by atoms with van der Waals surface area (Å²) >= 11 is 7.41. The second kappa shape index (κ2) is 11.6. The van der Waals surface area contributed by atoms with Crippen LogP contribution in [0.4, 0.5) is 16.2 Å². The molecule has 184 valence electrons. The summed E-state index contributed by atoms with van der Waals surface area (Å²) in [5.41, 5.74) is 2.17. The normalized spacial score (nSPS) is 10.6. The molecule has 0 bridgehead atoms. The van der Waals surface area contributed by atoms with E-state index in [-0.39, 0.29) is 12.2 Å². The quantitative estimate of drug-likeness (QED) is 0.169. The molecule has 10 nitrogen and oxygen atoms in total. The van der Waals surface area contributed by atoms with Crippen LogP contribution in [0.2, 0.25) is 5.02 Å². The van der Waals surface area contributed by atoms with Crippen molar-refractivity contribution in [3.05, 3.63) is 99.3 Å². The van der Waals surface area contributed by atoms with Gasteiger partial charge in [0.1, 0.15) is 5.75 Å². The summed E-state index contributed by atoms with van der Waals surface area (Å²) in [6.07, 6.45) is 0. The first-order valence-corrected chi connectivity index (χ1v) is 12.0. The maximum atomic E-state index is 12.4. The molecule has 0 aliphatic rings. The van der Waals surface area contributed by atoms with Crippen molar-refractivity contribution in [1.82, 2.24) is 20.1 Å². The molecule has 4 rings (SSSR count). The van der Waals surface area contributed by atoms with Crippen LogP contribution in [-0.4, -0.2) is 32.8 Å². The molecule has 36 heavy (non-hydrogen) atoms. The number of benzene rings is 3. The van der Waals surface area contributed by atoms with E-state index < -0.39 is 11.0 Å². The summed E-state index contributed by atoms with van der Waals surface area (Å²) in [5, 5.41) is 26.2. The zero-order chi connectivity index (χ0) is 25.5. The fourth-order valence-corrected chi connectivity index (χ4v) is 4.41. The predicted octanol–water partition coefficient (Wildman–Crippen LogP) is 5.45. The number of methoxy groups -OCH3 is 1. The minimum atomic E-state index is -0.461. The standard InChI is InChI=1S/C24H21ClN6O4S/c1-35-21-7-2-4-16(12-21)15-36-24-29-28-22(30(24)19-8-10-20(11-9-19)31(33)34)14-26-23(32)27-18-6-3-5-17(25)13-18/h2-13H,14-15H2,1H3,(H2,26,27,32). The summed E-state index contributed by atoms with van der Waals surface area (Å²) < 4.78 is 7.05. The van der Waals surface area contributed by atoms with Crippen LogP contribution in [0, 0.1) is 10.1 Å². The Morgan fingerprint density at radius 2 is 1.89 bits per heavy atom. The van der Waals surface area contributed by atoms with Crippen molar-refractivity contribution in [3.63, 3.8) is 0 Å². The summed E-state index contributed by atoms with van der Waals surface area (Å²) in [6, 6.07) is 20.1. The molecular weight excluding hydrogens is 504 g/mol. The number of thioether (sulfide) groups is 1. The van der Waals surface area contributed by atoms with Crippen molar-refractivity contribution in [2.24, 2.45) is 0 Å². The van der Waals surface area contributed by atoms with Crippen molar-refractivity contribution in [2.45, 2.75) is 17.5 Å². The Morgan fingerprint density at radius 3 is 2.61 bits per heavy atom. The van der Waals surface area contributed by atoms with E-state index in [4.69, 9.17) is 16.3 Å². The molecule has 12 heteroatoms. The first kappa shape index (κ1) is 25.0. The van der Waals surface area contributed by atoms with Crippen molar-refractivity contribution >= 4 is 40.8 Å². The molecule has 0 spiro atoms. The number of halogens is 1. The monoisotopic (exact) mass is 524 g/mol. The average molecular weight is 525 g/mol. The lowest BCUT2D eigenvalue weighted by Crippen LogP contribution is -2.29. The molecule has 0 aliphatic carbocycles. The minimum absolute atomic E-state index is 0.0296. The number of ether oxygens (including phenoxy) is 1. The number of rotatable bonds is 9.